The fourth-order valence-electron chi connectivity index (χ4n) is 4.12. The van der Waals surface area contributed by atoms with Gasteiger partial charge in [-0.1, -0.05) is 30.3 Å². The molecule has 3 heteroatoms. The van der Waals surface area contributed by atoms with Crippen LogP contribution in [0.3, 0.4) is 0 Å². The van der Waals surface area contributed by atoms with Gasteiger partial charge < -0.3 is 4.90 Å². The minimum atomic E-state index is -0.106. The lowest BCUT2D eigenvalue weighted by Gasteiger charge is -2.19. The summed E-state index contributed by atoms with van der Waals surface area (Å²) >= 11 is 2.04. The summed E-state index contributed by atoms with van der Waals surface area (Å²) in [7, 11) is 4.27. The van der Waals surface area contributed by atoms with Crippen LogP contribution in [0.5, 0.6) is 0 Å². The molecule has 23 heavy (non-hydrogen) atoms. The van der Waals surface area contributed by atoms with Crippen LogP contribution in [0.4, 0.5) is 4.39 Å². The zero-order chi connectivity index (χ0) is 16.0. The quantitative estimate of drug-likeness (QED) is 0.792. The Morgan fingerprint density at radius 1 is 1.09 bits per heavy atom. The first kappa shape index (κ1) is 15.2. The standard InChI is InChI=1S/C20H22FNS/c1-22(2)12-16-11-19-17-6-4-3-5-13(17)9-14-7-8-15(21)10-18(14)20(19)23-16/h3-8,10,16,19-20H,9,11-12H2,1-2H3/t16-,19+,20+/m0/s1. The third-order valence-corrected chi connectivity index (χ3v) is 6.64. The Kier molecular flexibility index (Phi) is 3.94. The van der Waals surface area contributed by atoms with Crippen molar-refractivity contribution in [1.82, 2.24) is 4.90 Å². The first-order valence-electron chi connectivity index (χ1n) is 8.28. The van der Waals surface area contributed by atoms with Crippen molar-refractivity contribution in [2.45, 2.75) is 29.3 Å². The van der Waals surface area contributed by atoms with Gasteiger partial charge in [0.15, 0.2) is 0 Å². The number of hydrogen-bond donors (Lipinski definition) is 0. The van der Waals surface area contributed by atoms with Crippen molar-refractivity contribution >= 4 is 11.8 Å². The van der Waals surface area contributed by atoms with Crippen molar-refractivity contribution in [2.24, 2.45) is 0 Å². The maximum Gasteiger partial charge on any atom is 0.123 e. The number of thioether (sulfide) groups is 1. The molecule has 1 aliphatic heterocycles. The van der Waals surface area contributed by atoms with E-state index in [0.29, 0.717) is 16.4 Å². The third kappa shape index (κ3) is 2.81. The van der Waals surface area contributed by atoms with Crippen molar-refractivity contribution in [3.8, 4) is 0 Å². The Hall–Kier alpha value is -1.32. The molecule has 0 saturated carbocycles. The summed E-state index contributed by atoms with van der Waals surface area (Å²) in [5.74, 6) is 0.398. The number of fused-ring (bicyclic) bond motifs is 5. The molecule has 0 radical (unpaired) electrons. The molecule has 3 atom stereocenters. The second kappa shape index (κ2) is 5.95. The molecular formula is C20H22FNS. The van der Waals surface area contributed by atoms with Crippen LogP contribution in [0.15, 0.2) is 42.5 Å². The van der Waals surface area contributed by atoms with Crippen LogP contribution in [0.2, 0.25) is 0 Å². The summed E-state index contributed by atoms with van der Waals surface area (Å²) in [6.07, 6.45) is 2.11. The molecule has 0 spiro atoms. The van der Waals surface area contributed by atoms with Crippen molar-refractivity contribution in [3.05, 3.63) is 70.5 Å². The summed E-state index contributed by atoms with van der Waals surface area (Å²) in [6.45, 7) is 1.09. The highest BCUT2D eigenvalue weighted by Crippen LogP contribution is 2.56. The molecule has 0 amide bonds. The minimum absolute atomic E-state index is 0.106. The lowest BCUT2D eigenvalue weighted by Crippen LogP contribution is -2.22. The third-order valence-electron chi connectivity index (χ3n) is 5.04. The SMILES string of the molecule is CN(C)C[C@@H]1C[C@@H]2c3ccccc3Cc3ccc(F)cc3[C@H]2S1. The van der Waals surface area contributed by atoms with E-state index in [9.17, 15) is 4.39 Å². The van der Waals surface area contributed by atoms with Gasteiger partial charge in [0.2, 0.25) is 0 Å². The molecular weight excluding hydrogens is 305 g/mol. The fourth-order valence-corrected chi connectivity index (χ4v) is 6.05. The van der Waals surface area contributed by atoms with Gasteiger partial charge in [-0.25, -0.2) is 4.39 Å². The van der Waals surface area contributed by atoms with E-state index in [4.69, 9.17) is 0 Å². The maximum absolute atomic E-state index is 13.9. The van der Waals surface area contributed by atoms with Gasteiger partial charge >= 0.3 is 0 Å². The molecule has 0 bridgehead atoms. The maximum atomic E-state index is 13.9. The van der Waals surface area contributed by atoms with Crippen molar-refractivity contribution in [3.63, 3.8) is 0 Å². The predicted octanol–water partition coefficient (Wildman–Crippen LogP) is 4.62. The Balaban J connectivity index is 1.80. The zero-order valence-electron chi connectivity index (χ0n) is 13.6. The molecule has 2 aromatic rings. The molecule has 120 valence electrons. The smallest absolute Gasteiger partial charge is 0.123 e. The van der Waals surface area contributed by atoms with E-state index >= 15 is 0 Å². The number of halogens is 1. The Bertz CT molecular complexity index is 727. The molecule has 2 aliphatic rings. The summed E-state index contributed by atoms with van der Waals surface area (Å²) < 4.78 is 13.9. The lowest BCUT2D eigenvalue weighted by molar-refractivity contribution is 0.398. The van der Waals surface area contributed by atoms with Crippen LogP contribution in [0.25, 0.3) is 0 Å². The number of benzene rings is 2. The van der Waals surface area contributed by atoms with Crippen LogP contribution >= 0.6 is 11.8 Å². The van der Waals surface area contributed by atoms with E-state index < -0.39 is 0 Å². The highest BCUT2D eigenvalue weighted by Gasteiger charge is 2.40. The van der Waals surface area contributed by atoms with Crippen LogP contribution in [0, 0.1) is 5.82 Å². The fraction of sp³-hybridized carbons (Fsp3) is 0.400. The van der Waals surface area contributed by atoms with Gasteiger partial charge in [-0.2, -0.15) is 0 Å². The van der Waals surface area contributed by atoms with Crippen LogP contribution in [-0.4, -0.2) is 30.8 Å². The second-order valence-electron chi connectivity index (χ2n) is 7.00. The predicted molar refractivity (Wildman–Crippen MR) is 95.7 cm³/mol. The number of hydrogen-bond acceptors (Lipinski definition) is 2. The molecule has 1 aliphatic carbocycles. The number of rotatable bonds is 2. The highest BCUT2D eigenvalue weighted by molar-refractivity contribution is 8.00. The molecule has 2 aromatic carbocycles. The second-order valence-corrected chi connectivity index (χ2v) is 8.45. The summed E-state index contributed by atoms with van der Waals surface area (Å²) in [6, 6.07) is 14.2. The lowest BCUT2D eigenvalue weighted by atomic mass is 9.87. The van der Waals surface area contributed by atoms with E-state index in [-0.39, 0.29) is 5.82 Å². The molecule has 0 N–H and O–H groups in total. The molecule has 4 rings (SSSR count). The largest absolute Gasteiger partial charge is 0.308 e. The van der Waals surface area contributed by atoms with Crippen LogP contribution in [-0.2, 0) is 6.42 Å². The molecule has 0 aromatic heterocycles. The van der Waals surface area contributed by atoms with Gasteiger partial charge in [-0.3, -0.25) is 0 Å². The van der Waals surface area contributed by atoms with Crippen LogP contribution < -0.4 is 0 Å². The zero-order valence-corrected chi connectivity index (χ0v) is 14.4. The molecule has 1 heterocycles. The average molecular weight is 327 g/mol. The van der Waals surface area contributed by atoms with E-state index in [2.05, 4.69) is 43.3 Å². The van der Waals surface area contributed by atoms with E-state index in [0.717, 1.165) is 13.0 Å². The molecule has 1 saturated heterocycles. The van der Waals surface area contributed by atoms with Gasteiger partial charge in [0.05, 0.1) is 0 Å². The van der Waals surface area contributed by atoms with Gasteiger partial charge in [0, 0.05) is 23.0 Å². The minimum Gasteiger partial charge on any atom is -0.308 e. The van der Waals surface area contributed by atoms with Gasteiger partial charge in [-0.15, -0.1) is 11.8 Å². The van der Waals surface area contributed by atoms with Crippen LogP contribution in [0.1, 0.15) is 39.8 Å². The topological polar surface area (TPSA) is 3.24 Å². The normalized spacial score (nSPS) is 25.7. The monoisotopic (exact) mass is 327 g/mol. The first-order chi connectivity index (χ1) is 11.1. The van der Waals surface area contributed by atoms with E-state index in [1.165, 1.54) is 28.7 Å². The average Bonchev–Trinajstić information content (AvgIpc) is 2.87. The van der Waals surface area contributed by atoms with Gasteiger partial charge in [0.25, 0.3) is 0 Å². The van der Waals surface area contributed by atoms with Crippen molar-refractivity contribution in [2.75, 3.05) is 20.6 Å². The van der Waals surface area contributed by atoms with Gasteiger partial charge in [0.1, 0.15) is 5.82 Å². The van der Waals surface area contributed by atoms with Crippen molar-refractivity contribution in [1.29, 1.82) is 0 Å². The Morgan fingerprint density at radius 2 is 1.87 bits per heavy atom. The van der Waals surface area contributed by atoms with Gasteiger partial charge in [-0.05, 0) is 61.3 Å². The Labute approximate surface area is 141 Å². The molecule has 1 fully saturated rings. The Morgan fingerprint density at radius 3 is 2.70 bits per heavy atom. The summed E-state index contributed by atoms with van der Waals surface area (Å²) in [5.41, 5.74) is 5.41. The number of nitrogens with zero attached hydrogens (tertiary/aromatic N) is 1. The van der Waals surface area contributed by atoms with E-state index in [1.54, 1.807) is 12.1 Å². The summed E-state index contributed by atoms with van der Waals surface area (Å²) in [5, 5.41) is 0.997. The highest BCUT2D eigenvalue weighted by atomic mass is 32.2. The molecule has 0 unspecified atom stereocenters. The molecule has 1 nitrogen and oxygen atoms in total. The summed E-state index contributed by atoms with van der Waals surface area (Å²) in [4.78, 5) is 2.27. The van der Waals surface area contributed by atoms with Crippen molar-refractivity contribution < 1.29 is 4.39 Å². The first-order valence-corrected chi connectivity index (χ1v) is 9.22. The van der Waals surface area contributed by atoms with E-state index in [1.807, 2.05) is 17.8 Å².